The maximum Gasteiger partial charge on any atom is 0.337 e. The van der Waals surface area contributed by atoms with E-state index in [-0.39, 0.29) is 23.4 Å². The van der Waals surface area contributed by atoms with Crippen LogP contribution in [0.25, 0.3) is 0 Å². The molecule has 0 atom stereocenters. The number of rotatable bonds is 3. The van der Waals surface area contributed by atoms with E-state index in [2.05, 4.69) is 0 Å². The Morgan fingerprint density at radius 1 is 1.22 bits per heavy atom. The molecular formula is C13H11NO4. The minimum absolute atomic E-state index is 0.0507. The van der Waals surface area contributed by atoms with Gasteiger partial charge in [0.25, 0.3) is 5.56 Å². The molecule has 2 rings (SSSR count). The fraction of sp³-hybridized carbons (Fsp3) is 0.0769. The summed E-state index contributed by atoms with van der Waals surface area (Å²) in [6.45, 7) is 0.217. The van der Waals surface area contributed by atoms with E-state index in [0.717, 1.165) is 5.56 Å². The summed E-state index contributed by atoms with van der Waals surface area (Å²) in [5.41, 5.74) is 0.484. The van der Waals surface area contributed by atoms with Crippen molar-refractivity contribution in [3.8, 4) is 5.75 Å². The molecule has 0 saturated carbocycles. The molecule has 92 valence electrons. The van der Waals surface area contributed by atoms with Gasteiger partial charge in [0.15, 0.2) is 0 Å². The van der Waals surface area contributed by atoms with Crippen molar-refractivity contribution < 1.29 is 15.0 Å². The first-order chi connectivity index (χ1) is 8.56. The summed E-state index contributed by atoms with van der Waals surface area (Å²) in [6.07, 6.45) is 1.29. The topological polar surface area (TPSA) is 79.5 Å². The van der Waals surface area contributed by atoms with E-state index in [1.165, 1.54) is 35.0 Å². The maximum absolute atomic E-state index is 11.6. The Morgan fingerprint density at radius 3 is 2.67 bits per heavy atom. The molecule has 0 fully saturated rings. The molecule has 0 unspecified atom stereocenters. The van der Waals surface area contributed by atoms with Gasteiger partial charge in [0, 0.05) is 12.3 Å². The zero-order chi connectivity index (χ0) is 13.1. The molecule has 18 heavy (non-hydrogen) atoms. The molecule has 0 radical (unpaired) electrons. The Kier molecular flexibility index (Phi) is 3.14. The second-order valence-electron chi connectivity index (χ2n) is 3.86. The monoisotopic (exact) mass is 245 g/mol. The third kappa shape index (κ3) is 2.57. The summed E-state index contributed by atoms with van der Waals surface area (Å²) in [5, 5.41) is 18.2. The smallest absolute Gasteiger partial charge is 0.337 e. The first-order valence-electron chi connectivity index (χ1n) is 5.28. The number of aromatic carboxylic acids is 1. The molecule has 1 aromatic heterocycles. The van der Waals surface area contributed by atoms with E-state index in [4.69, 9.17) is 5.11 Å². The van der Waals surface area contributed by atoms with E-state index < -0.39 is 5.97 Å². The number of aromatic hydroxyl groups is 1. The Bertz CT molecular complexity index is 645. The zero-order valence-electron chi connectivity index (χ0n) is 9.41. The van der Waals surface area contributed by atoms with Crippen LogP contribution in [0.5, 0.6) is 5.75 Å². The molecular weight excluding hydrogens is 234 g/mol. The van der Waals surface area contributed by atoms with Crippen LogP contribution in [0.4, 0.5) is 0 Å². The van der Waals surface area contributed by atoms with Crippen LogP contribution in [0.1, 0.15) is 15.9 Å². The van der Waals surface area contributed by atoms with Gasteiger partial charge in [-0.25, -0.2) is 4.79 Å². The number of nitrogens with zero attached hydrogens (tertiary/aromatic N) is 1. The van der Waals surface area contributed by atoms with Gasteiger partial charge >= 0.3 is 5.97 Å². The number of hydrogen-bond acceptors (Lipinski definition) is 3. The van der Waals surface area contributed by atoms with Crippen LogP contribution in [0.15, 0.2) is 47.4 Å². The van der Waals surface area contributed by atoms with Crippen molar-refractivity contribution in [2.24, 2.45) is 0 Å². The van der Waals surface area contributed by atoms with E-state index in [0.29, 0.717) is 0 Å². The lowest BCUT2D eigenvalue weighted by molar-refractivity contribution is 0.0696. The van der Waals surface area contributed by atoms with Crippen LogP contribution in [0, 0.1) is 0 Å². The van der Waals surface area contributed by atoms with Gasteiger partial charge in [-0.05, 0) is 23.8 Å². The van der Waals surface area contributed by atoms with Gasteiger partial charge in [0.1, 0.15) is 5.75 Å². The van der Waals surface area contributed by atoms with Crippen LogP contribution >= 0.6 is 0 Å². The molecule has 0 aliphatic heterocycles. The summed E-state index contributed by atoms with van der Waals surface area (Å²) in [7, 11) is 0. The minimum Gasteiger partial charge on any atom is -0.508 e. The number of benzene rings is 1. The predicted octanol–water partition coefficient (Wildman–Crippen LogP) is 1.30. The van der Waals surface area contributed by atoms with Crippen molar-refractivity contribution in [1.29, 1.82) is 0 Å². The Labute approximate surface area is 103 Å². The van der Waals surface area contributed by atoms with Crippen molar-refractivity contribution in [1.82, 2.24) is 4.57 Å². The summed E-state index contributed by atoms with van der Waals surface area (Å²) in [4.78, 5) is 22.4. The molecule has 5 heteroatoms. The molecule has 0 spiro atoms. The molecule has 0 bridgehead atoms. The number of aromatic nitrogens is 1. The first-order valence-corrected chi connectivity index (χ1v) is 5.28. The van der Waals surface area contributed by atoms with Crippen molar-refractivity contribution in [2.75, 3.05) is 0 Å². The molecule has 1 aromatic carbocycles. The van der Waals surface area contributed by atoms with Gasteiger partial charge in [-0.2, -0.15) is 0 Å². The van der Waals surface area contributed by atoms with E-state index in [1.54, 1.807) is 12.1 Å². The van der Waals surface area contributed by atoms with Crippen molar-refractivity contribution in [2.45, 2.75) is 6.54 Å². The highest BCUT2D eigenvalue weighted by molar-refractivity contribution is 5.87. The van der Waals surface area contributed by atoms with Crippen LogP contribution in [0.2, 0.25) is 0 Å². The Hall–Kier alpha value is -2.56. The molecule has 0 saturated heterocycles. The lowest BCUT2D eigenvalue weighted by atomic mass is 10.2. The Morgan fingerprint density at radius 2 is 2.00 bits per heavy atom. The number of phenolic OH excluding ortho intramolecular Hbond substituents is 1. The van der Waals surface area contributed by atoms with Crippen molar-refractivity contribution in [3.05, 3.63) is 64.1 Å². The van der Waals surface area contributed by atoms with Crippen LogP contribution in [-0.4, -0.2) is 20.7 Å². The lowest BCUT2D eigenvalue weighted by Crippen LogP contribution is -2.20. The molecule has 5 nitrogen and oxygen atoms in total. The number of hydrogen-bond donors (Lipinski definition) is 2. The van der Waals surface area contributed by atoms with E-state index >= 15 is 0 Å². The SMILES string of the molecule is O=C(O)c1ccc(=O)n(Cc2cccc(O)c2)c1. The van der Waals surface area contributed by atoms with Gasteiger partial charge in [-0.1, -0.05) is 12.1 Å². The minimum atomic E-state index is -1.08. The third-order valence-electron chi connectivity index (χ3n) is 2.49. The van der Waals surface area contributed by atoms with Gasteiger partial charge in [0.05, 0.1) is 12.1 Å². The second-order valence-corrected chi connectivity index (χ2v) is 3.86. The summed E-state index contributed by atoms with van der Waals surface area (Å²) >= 11 is 0. The zero-order valence-corrected chi connectivity index (χ0v) is 9.41. The van der Waals surface area contributed by atoms with Crippen molar-refractivity contribution >= 4 is 5.97 Å². The van der Waals surface area contributed by atoms with Gasteiger partial charge < -0.3 is 14.8 Å². The molecule has 2 aromatic rings. The molecule has 0 aliphatic carbocycles. The fourth-order valence-corrected chi connectivity index (χ4v) is 1.63. The van der Waals surface area contributed by atoms with Gasteiger partial charge in [-0.3, -0.25) is 4.79 Å². The standard InChI is InChI=1S/C13H11NO4/c15-11-3-1-2-9(6-11)7-14-8-10(13(17)18)4-5-12(14)16/h1-6,8,15H,7H2,(H,17,18). The highest BCUT2D eigenvalue weighted by Crippen LogP contribution is 2.11. The number of carboxylic acid groups (broad SMARTS) is 1. The molecule has 2 N–H and O–H groups in total. The van der Waals surface area contributed by atoms with E-state index in [9.17, 15) is 14.7 Å². The number of phenols is 1. The lowest BCUT2D eigenvalue weighted by Gasteiger charge is -2.07. The average molecular weight is 245 g/mol. The summed E-state index contributed by atoms with van der Waals surface area (Å²) in [5.74, 6) is -0.977. The quantitative estimate of drug-likeness (QED) is 0.854. The first kappa shape index (κ1) is 11.9. The van der Waals surface area contributed by atoms with Crippen LogP contribution in [-0.2, 0) is 6.54 Å². The van der Waals surface area contributed by atoms with Gasteiger partial charge in [0.2, 0.25) is 0 Å². The predicted molar refractivity (Wildman–Crippen MR) is 64.9 cm³/mol. The maximum atomic E-state index is 11.6. The van der Waals surface area contributed by atoms with Gasteiger partial charge in [-0.15, -0.1) is 0 Å². The fourth-order valence-electron chi connectivity index (χ4n) is 1.63. The number of carboxylic acids is 1. The highest BCUT2D eigenvalue weighted by atomic mass is 16.4. The van der Waals surface area contributed by atoms with Crippen LogP contribution < -0.4 is 5.56 Å². The number of pyridine rings is 1. The molecule has 1 heterocycles. The normalized spacial score (nSPS) is 10.2. The largest absolute Gasteiger partial charge is 0.508 e. The average Bonchev–Trinajstić information content (AvgIpc) is 2.31. The van der Waals surface area contributed by atoms with E-state index in [1.807, 2.05) is 0 Å². The Balaban J connectivity index is 2.37. The summed E-state index contributed by atoms with van der Waals surface area (Å²) in [6, 6.07) is 8.95. The highest BCUT2D eigenvalue weighted by Gasteiger charge is 2.05. The number of carbonyl (C=O) groups is 1. The summed E-state index contributed by atoms with van der Waals surface area (Å²) < 4.78 is 1.29. The molecule has 0 amide bonds. The van der Waals surface area contributed by atoms with Crippen molar-refractivity contribution in [3.63, 3.8) is 0 Å². The third-order valence-corrected chi connectivity index (χ3v) is 2.49. The second kappa shape index (κ2) is 4.75. The molecule has 0 aliphatic rings. The van der Waals surface area contributed by atoms with Crippen LogP contribution in [0.3, 0.4) is 0 Å².